The van der Waals surface area contributed by atoms with E-state index in [0.717, 1.165) is 29.5 Å². The van der Waals surface area contributed by atoms with Crippen LogP contribution in [0.4, 0.5) is 5.13 Å². The van der Waals surface area contributed by atoms with Gasteiger partial charge in [-0.15, -0.1) is 10.2 Å². The molecule has 0 aliphatic carbocycles. The van der Waals surface area contributed by atoms with Crippen LogP contribution in [0.25, 0.3) is 10.6 Å². The zero-order valence-electron chi connectivity index (χ0n) is 20.9. The topological polar surface area (TPSA) is 93.2 Å². The van der Waals surface area contributed by atoms with E-state index in [-0.39, 0.29) is 11.8 Å². The van der Waals surface area contributed by atoms with Gasteiger partial charge in [-0.25, -0.2) is 0 Å². The molecule has 1 heterocycles. The number of unbranched alkanes of at least 4 members (excludes halogenated alkanes) is 1. The Morgan fingerprint density at radius 2 is 1.76 bits per heavy atom. The summed E-state index contributed by atoms with van der Waals surface area (Å²) in [5, 5.41) is 15.2. The fraction of sp³-hybridized carbons (Fsp3) is 0.241. The van der Waals surface area contributed by atoms with E-state index in [2.05, 4.69) is 27.8 Å². The van der Waals surface area contributed by atoms with Crippen LogP contribution in [0, 0.1) is 6.92 Å². The number of nitrogens with zero attached hydrogens (tertiary/aromatic N) is 2. The first-order valence-corrected chi connectivity index (χ1v) is 13.1. The van der Waals surface area contributed by atoms with Crippen molar-refractivity contribution in [1.29, 1.82) is 0 Å². The first-order valence-electron chi connectivity index (χ1n) is 12.3. The number of carbonyl (C=O) groups excluding carboxylic acids is 2. The first-order chi connectivity index (χ1) is 18.0. The number of aromatic nitrogens is 2. The molecule has 37 heavy (non-hydrogen) atoms. The lowest BCUT2D eigenvalue weighted by atomic mass is 10.0. The molecule has 4 aromatic rings. The summed E-state index contributed by atoms with van der Waals surface area (Å²) in [6.07, 6.45) is 2.36. The molecule has 7 nitrogen and oxygen atoms in total. The minimum Gasteiger partial charge on any atom is -0.494 e. The molecule has 1 aromatic heterocycles. The van der Waals surface area contributed by atoms with E-state index in [4.69, 9.17) is 4.74 Å². The molecule has 0 aliphatic rings. The van der Waals surface area contributed by atoms with Crippen molar-refractivity contribution in [1.82, 2.24) is 15.5 Å². The highest BCUT2D eigenvalue weighted by Crippen LogP contribution is 2.27. The Hall–Kier alpha value is -4.04. The molecular formula is C29H30N4O3S. The van der Waals surface area contributed by atoms with E-state index in [0.29, 0.717) is 34.5 Å². The van der Waals surface area contributed by atoms with Crippen molar-refractivity contribution in [3.8, 4) is 16.3 Å². The van der Waals surface area contributed by atoms with Crippen LogP contribution in [0.1, 0.15) is 41.3 Å². The maximum Gasteiger partial charge on any atom is 0.251 e. The minimum atomic E-state index is -0.804. The van der Waals surface area contributed by atoms with Crippen LogP contribution >= 0.6 is 11.3 Å². The van der Waals surface area contributed by atoms with Gasteiger partial charge in [0, 0.05) is 17.5 Å². The van der Waals surface area contributed by atoms with E-state index in [1.807, 2.05) is 61.5 Å². The number of benzene rings is 3. The molecule has 0 bridgehead atoms. The number of hydrogen-bond donors (Lipinski definition) is 2. The van der Waals surface area contributed by atoms with E-state index >= 15 is 0 Å². The third kappa shape index (κ3) is 7.47. The highest BCUT2D eigenvalue weighted by atomic mass is 32.1. The number of nitrogens with one attached hydrogen (secondary N) is 2. The summed E-state index contributed by atoms with van der Waals surface area (Å²) in [6, 6.07) is 23.7. The second-order valence-electron chi connectivity index (χ2n) is 8.71. The number of ether oxygens (including phenoxy) is 1. The van der Waals surface area contributed by atoms with Crippen LogP contribution in [0.3, 0.4) is 0 Å². The summed E-state index contributed by atoms with van der Waals surface area (Å²) >= 11 is 1.29. The summed E-state index contributed by atoms with van der Waals surface area (Å²) < 4.78 is 5.68. The van der Waals surface area contributed by atoms with Crippen LogP contribution in [-0.4, -0.2) is 34.7 Å². The Morgan fingerprint density at radius 3 is 2.49 bits per heavy atom. The lowest BCUT2D eigenvalue weighted by Gasteiger charge is -2.18. The summed E-state index contributed by atoms with van der Waals surface area (Å²) in [7, 11) is 0. The van der Waals surface area contributed by atoms with Crippen molar-refractivity contribution < 1.29 is 14.3 Å². The average Bonchev–Trinajstić information content (AvgIpc) is 3.38. The third-order valence-corrected chi connectivity index (χ3v) is 6.60. The Kier molecular flexibility index (Phi) is 8.99. The molecule has 2 N–H and O–H groups in total. The Labute approximate surface area is 220 Å². The Morgan fingerprint density at radius 1 is 0.973 bits per heavy atom. The molecule has 0 saturated carbocycles. The molecule has 3 aromatic carbocycles. The lowest BCUT2D eigenvalue weighted by Crippen LogP contribution is -2.45. The summed E-state index contributed by atoms with van der Waals surface area (Å²) in [6.45, 7) is 4.75. The average molecular weight is 515 g/mol. The zero-order chi connectivity index (χ0) is 26.0. The van der Waals surface area contributed by atoms with Crippen LogP contribution in [0.15, 0.2) is 78.9 Å². The Bertz CT molecular complexity index is 1320. The highest BCUT2D eigenvalue weighted by molar-refractivity contribution is 7.18. The maximum absolute atomic E-state index is 13.3. The van der Waals surface area contributed by atoms with E-state index in [9.17, 15) is 9.59 Å². The Balaban J connectivity index is 1.46. The number of amides is 2. The predicted molar refractivity (Wildman–Crippen MR) is 147 cm³/mol. The quantitative estimate of drug-likeness (QED) is 0.252. The van der Waals surface area contributed by atoms with Gasteiger partial charge in [-0.05, 0) is 49.2 Å². The van der Waals surface area contributed by atoms with E-state index in [1.165, 1.54) is 11.3 Å². The monoisotopic (exact) mass is 514 g/mol. The largest absolute Gasteiger partial charge is 0.494 e. The van der Waals surface area contributed by atoms with Crippen molar-refractivity contribution in [2.75, 3.05) is 11.9 Å². The molecule has 0 aliphatic heterocycles. The van der Waals surface area contributed by atoms with Gasteiger partial charge in [0.15, 0.2) is 0 Å². The number of carbonyl (C=O) groups is 2. The molecule has 2 amide bonds. The lowest BCUT2D eigenvalue weighted by molar-refractivity contribution is -0.118. The summed E-state index contributed by atoms with van der Waals surface area (Å²) in [4.78, 5) is 26.3. The molecule has 0 fully saturated rings. The van der Waals surface area contributed by atoms with Gasteiger partial charge in [-0.2, -0.15) is 0 Å². The molecule has 0 unspecified atom stereocenters. The van der Waals surface area contributed by atoms with Gasteiger partial charge in [0.1, 0.15) is 16.8 Å². The molecule has 1 atom stereocenters. The van der Waals surface area contributed by atoms with Gasteiger partial charge in [0.25, 0.3) is 5.91 Å². The summed E-state index contributed by atoms with van der Waals surface area (Å²) in [5.41, 5.74) is 3.44. The number of aryl methyl sites for hydroxylation is 1. The van der Waals surface area contributed by atoms with Crippen molar-refractivity contribution in [2.24, 2.45) is 0 Å². The van der Waals surface area contributed by atoms with Crippen molar-refractivity contribution in [3.63, 3.8) is 0 Å². The van der Waals surface area contributed by atoms with Gasteiger partial charge >= 0.3 is 0 Å². The van der Waals surface area contributed by atoms with Crippen LogP contribution in [0.5, 0.6) is 5.75 Å². The first kappa shape index (κ1) is 26.0. The minimum absolute atomic E-state index is 0.333. The van der Waals surface area contributed by atoms with Gasteiger partial charge in [0.2, 0.25) is 11.0 Å². The second kappa shape index (κ2) is 12.8. The van der Waals surface area contributed by atoms with Crippen molar-refractivity contribution in [3.05, 3.63) is 95.6 Å². The van der Waals surface area contributed by atoms with Gasteiger partial charge in [0.05, 0.1) is 6.61 Å². The van der Waals surface area contributed by atoms with Gasteiger partial charge in [-0.1, -0.05) is 78.8 Å². The number of hydrogen-bond acceptors (Lipinski definition) is 6. The maximum atomic E-state index is 13.3. The third-order valence-electron chi connectivity index (χ3n) is 5.71. The molecular weight excluding hydrogens is 484 g/mol. The zero-order valence-corrected chi connectivity index (χ0v) is 21.8. The predicted octanol–water partition coefficient (Wildman–Crippen LogP) is 5.67. The van der Waals surface area contributed by atoms with Crippen molar-refractivity contribution in [2.45, 2.75) is 39.2 Å². The van der Waals surface area contributed by atoms with Crippen LogP contribution in [0.2, 0.25) is 0 Å². The molecule has 0 saturated heterocycles. The highest BCUT2D eigenvalue weighted by Gasteiger charge is 2.23. The fourth-order valence-electron chi connectivity index (χ4n) is 3.70. The molecule has 8 heteroatoms. The van der Waals surface area contributed by atoms with E-state index in [1.54, 1.807) is 24.3 Å². The second-order valence-corrected chi connectivity index (χ2v) is 9.69. The van der Waals surface area contributed by atoms with Crippen molar-refractivity contribution >= 4 is 28.3 Å². The summed E-state index contributed by atoms with van der Waals surface area (Å²) in [5.74, 6) is 0.0156. The van der Waals surface area contributed by atoms with Gasteiger partial charge < -0.3 is 10.1 Å². The smallest absolute Gasteiger partial charge is 0.251 e. The standard InChI is InChI=1S/C29H30N4O3S/c1-3-4-17-36-24-15-13-22(14-16-24)26(34)30-25(19-21-10-6-5-7-11-21)27(35)31-29-33-32-28(37-29)23-12-8-9-20(2)18-23/h5-16,18,25H,3-4,17,19H2,1-2H3,(H,30,34)(H,31,33,35)/t25-/m1/s1. The number of anilines is 1. The molecule has 4 rings (SSSR count). The van der Waals surface area contributed by atoms with Crippen LogP contribution < -0.4 is 15.4 Å². The molecule has 190 valence electrons. The van der Waals surface area contributed by atoms with Gasteiger partial charge in [-0.3, -0.25) is 14.9 Å². The fourth-order valence-corrected chi connectivity index (χ4v) is 4.44. The molecule has 0 spiro atoms. The van der Waals surface area contributed by atoms with E-state index < -0.39 is 6.04 Å². The van der Waals surface area contributed by atoms with Crippen LogP contribution in [-0.2, 0) is 11.2 Å². The normalized spacial score (nSPS) is 11.5. The number of rotatable bonds is 11. The SMILES string of the molecule is CCCCOc1ccc(C(=O)N[C@H](Cc2ccccc2)C(=O)Nc2nnc(-c3cccc(C)c3)s2)cc1. The molecule has 0 radical (unpaired) electrons.